The van der Waals surface area contributed by atoms with Gasteiger partial charge < -0.3 is 10.1 Å². The van der Waals surface area contributed by atoms with Crippen molar-refractivity contribution in [3.8, 4) is 0 Å². The molecule has 1 aromatic rings. The summed E-state index contributed by atoms with van der Waals surface area (Å²) in [5.41, 5.74) is 2.03. The van der Waals surface area contributed by atoms with E-state index in [2.05, 4.69) is 36.3 Å². The number of nitrogens with zero attached hydrogens (tertiary/aromatic N) is 1. The number of rotatable bonds is 1. The summed E-state index contributed by atoms with van der Waals surface area (Å²) >= 11 is 0. The van der Waals surface area contributed by atoms with E-state index in [-0.39, 0.29) is 17.6 Å². The first-order valence-corrected chi connectivity index (χ1v) is 4.95. The molecule has 2 rings (SSSR count). The van der Waals surface area contributed by atoms with E-state index in [1.165, 1.54) is 0 Å². The van der Waals surface area contributed by atoms with Crippen LogP contribution in [0.5, 0.6) is 0 Å². The maximum Gasteiger partial charge on any atom is 0.407 e. The van der Waals surface area contributed by atoms with Crippen molar-refractivity contribution in [1.29, 1.82) is 0 Å². The number of hydrogen-bond donors (Lipinski definition) is 2. The molecule has 1 aliphatic rings. The number of cyclic esters (lactones) is 1. The highest BCUT2D eigenvalue weighted by molar-refractivity contribution is 5.70. The molecule has 0 aromatic carbocycles. The molecule has 2 heterocycles. The largest absolute Gasteiger partial charge is 0.447 e. The molecule has 2 N–H and O–H groups in total. The van der Waals surface area contributed by atoms with Gasteiger partial charge >= 0.3 is 6.09 Å². The molecule has 1 saturated heterocycles. The van der Waals surface area contributed by atoms with Crippen molar-refractivity contribution in [2.24, 2.45) is 0 Å². The fourth-order valence-electron chi connectivity index (χ4n) is 1.71. The van der Waals surface area contributed by atoms with Gasteiger partial charge in [0.15, 0.2) is 0 Å². The van der Waals surface area contributed by atoms with Crippen LogP contribution in [0.15, 0.2) is 6.20 Å². The molecule has 0 bridgehead atoms. The molecule has 5 nitrogen and oxygen atoms in total. The first kappa shape index (κ1) is 10.0. The third kappa shape index (κ3) is 1.82. The predicted octanol–water partition coefficient (Wildman–Crippen LogP) is 1.49. The molecule has 5 heteroatoms. The lowest BCUT2D eigenvalue weighted by atomic mass is 9.88. The van der Waals surface area contributed by atoms with Crippen LogP contribution < -0.4 is 5.32 Å². The minimum absolute atomic E-state index is 0.0147. The molecule has 15 heavy (non-hydrogen) atoms. The highest BCUT2D eigenvalue weighted by atomic mass is 16.6. The van der Waals surface area contributed by atoms with Crippen molar-refractivity contribution >= 4 is 6.09 Å². The zero-order valence-corrected chi connectivity index (χ0v) is 9.13. The summed E-state index contributed by atoms with van der Waals surface area (Å²) in [5.74, 6) is 0. The summed E-state index contributed by atoms with van der Waals surface area (Å²) < 4.78 is 4.87. The number of amides is 1. The van der Waals surface area contributed by atoms with Crippen LogP contribution in [-0.2, 0) is 10.2 Å². The second-order valence-electron chi connectivity index (χ2n) is 4.75. The average molecular weight is 209 g/mol. The fourth-order valence-corrected chi connectivity index (χ4v) is 1.71. The van der Waals surface area contributed by atoms with Crippen LogP contribution in [0.25, 0.3) is 0 Å². The number of nitrogens with one attached hydrogen (secondary N) is 2. The number of aromatic nitrogens is 2. The van der Waals surface area contributed by atoms with E-state index in [1.54, 1.807) is 6.20 Å². The number of alkyl carbamates (subject to hydrolysis) is 1. The van der Waals surface area contributed by atoms with Crippen molar-refractivity contribution in [3.05, 3.63) is 17.5 Å². The van der Waals surface area contributed by atoms with Crippen molar-refractivity contribution in [3.63, 3.8) is 0 Å². The Morgan fingerprint density at radius 3 is 2.80 bits per heavy atom. The van der Waals surface area contributed by atoms with Gasteiger partial charge in [-0.15, -0.1) is 0 Å². The lowest BCUT2D eigenvalue weighted by Gasteiger charge is -2.20. The molecular weight excluding hydrogens is 194 g/mol. The van der Waals surface area contributed by atoms with Crippen LogP contribution in [0.4, 0.5) is 4.79 Å². The Hall–Kier alpha value is -1.52. The van der Waals surface area contributed by atoms with Crippen LogP contribution in [0.2, 0.25) is 0 Å². The molecule has 1 fully saturated rings. The maximum atomic E-state index is 10.9. The van der Waals surface area contributed by atoms with Crippen LogP contribution in [-0.4, -0.2) is 22.9 Å². The molecule has 1 aromatic heterocycles. The number of carbonyl (C=O) groups excluding carboxylic acids is 1. The van der Waals surface area contributed by atoms with Crippen molar-refractivity contribution in [2.45, 2.75) is 32.2 Å². The maximum absolute atomic E-state index is 10.9. The fraction of sp³-hybridized carbons (Fsp3) is 0.600. The molecule has 0 spiro atoms. The van der Waals surface area contributed by atoms with Gasteiger partial charge in [0.1, 0.15) is 6.61 Å². The summed E-state index contributed by atoms with van der Waals surface area (Å²) in [5, 5.41) is 9.75. The highest BCUT2D eigenvalue weighted by Gasteiger charge is 2.30. The minimum atomic E-state index is -0.360. The van der Waals surface area contributed by atoms with Gasteiger partial charge in [0.05, 0.1) is 12.2 Å². The van der Waals surface area contributed by atoms with Crippen LogP contribution in [0.1, 0.15) is 38.1 Å². The van der Waals surface area contributed by atoms with Crippen molar-refractivity contribution < 1.29 is 9.53 Å². The first-order chi connectivity index (χ1) is 6.98. The van der Waals surface area contributed by atoms with E-state index < -0.39 is 0 Å². The van der Waals surface area contributed by atoms with Crippen LogP contribution >= 0.6 is 0 Å². The monoisotopic (exact) mass is 209 g/mol. The van der Waals surface area contributed by atoms with E-state index in [1.807, 2.05) is 0 Å². The van der Waals surface area contributed by atoms with Gasteiger partial charge in [0.2, 0.25) is 0 Å². The molecule has 0 saturated carbocycles. The van der Waals surface area contributed by atoms with Gasteiger partial charge in [-0.25, -0.2) is 4.79 Å². The van der Waals surface area contributed by atoms with E-state index in [4.69, 9.17) is 4.74 Å². The van der Waals surface area contributed by atoms with Gasteiger partial charge in [0.25, 0.3) is 0 Å². The number of hydrogen-bond acceptors (Lipinski definition) is 3. The Kier molecular flexibility index (Phi) is 2.17. The van der Waals surface area contributed by atoms with Gasteiger partial charge in [-0.05, 0) is 0 Å². The lowest BCUT2D eigenvalue weighted by Crippen LogP contribution is -2.22. The molecule has 1 unspecified atom stereocenters. The molecule has 1 aliphatic heterocycles. The molecule has 82 valence electrons. The summed E-state index contributed by atoms with van der Waals surface area (Å²) in [6.07, 6.45) is 1.39. The molecule has 0 radical (unpaired) electrons. The first-order valence-electron chi connectivity index (χ1n) is 4.95. The zero-order chi connectivity index (χ0) is 11.1. The Morgan fingerprint density at radius 2 is 2.27 bits per heavy atom. The van der Waals surface area contributed by atoms with Gasteiger partial charge in [-0.2, -0.15) is 5.10 Å². The quantitative estimate of drug-likeness (QED) is 0.736. The zero-order valence-electron chi connectivity index (χ0n) is 9.13. The van der Waals surface area contributed by atoms with Gasteiger partial charge in [0, 0.05) is 16.7 Å². The Balaban J connectivity index is 2.29. The van der Waals surface area contributed by atoms with Crippen molar-refractivity contribution in [1.82, 2.24) is 15.5 Å². The van der Waals surface area contributed by atoms with Gasteiger partial charge in [-0.3, -0.25) is 5.10 Å². The normalized spacial score (nSPS) is 21.3. The average Bonchev–Trinajstić information content (AvgIpc) is 2.68. The smallest absolute Gasteiger partial charge is 0.407 e. The van der Waals surface area contributed by atoms with Gasteiger partial charge in [-0.1, -0.05) is 20.8 Å². The molecule has 0 aliphatic carbocycles. The second kappa shape index (κ2) is 3.25. The summed E-state index contributed by atoms with van der Waals surface area (Å²) in [6, 6.07) is -0.0783. The molecule has 1 amide bonds. The van der Waals surface area contributed by atoms with E-state index in [9.17, 15) is 4.79 Å². The number of aromatic amines is 1. The van der Waals surface area contributed by atoms with E-state index >= 15 is 0 Å². The second-order valence-corrected chi connectivity index (χ2v) is 4.75. The highest BCUT2D eigenvalue weighted by Crippen LogP contribution is 2.29. The molecular formula is C10H15N3O2. The summed E-state index contributed by atoms with van der Waals surface area (Å²) in [7, 11) is 0. The predicted molar refractivity (Wildman–Crippen MR) is 54.5 cm³/mol. The van der Waals surface area contributed by atoms with E-state index in [0.29, 0.717) is 6.61 Å². The van der Waals surface area contributed by atoms with Crippen LogP contribution in [0.3, 0.4) is 0 Å². The van der Waals surface area contributed by atoms with Crippen LogP contribution in [0, 0.1) is 0 Å². The number of H-pyrrole nitrogens is 1. The Bertz CT molecular complexity index is 378. The SMILES string of the molecule is CC(C)(C)c1[nH]ncc1C1COC(=O)N1. The number of ether oxygens (including phenoxy) is 1. The summed E-state index contributed by atoms with van der Waals surface area (Å²) in [4.78, 5) is 10.9. The third-order valence-corrected chi connectivity index (χ3v) is 2.47. The Labute approximate surface area is 88.2 Å². The Morgan fingerprint density at radius 1 is 1.53 bits per heavy atom. The topological polar surface area (TPSA) is 67.0 Å². The summed E-state index contributed by atoms with van der Waals surface area (Å²) in [6.45, 7) is 6.67. The third-order valence-electron chi connectivity index (χ3n) is 2.47. The standard InChI is InChI=1S/C10H15N3O2/c1-10(2,3)8-6(4-11-13-8)7-5-15-9(14)12-7/h4,7H,5H2,1-3H3,(H,11,13)(H,12,14). The van der Waals surface area contributed by atoms with Crippen molar-refractivity contribution in [2.75, 3.05) is 6.61 Å². The molecule has 1 atom stereocenters. The minimum Gasteiger partial charge on any atom is -0.447 e. The number of carbonyl (C=O) groups is 1. The lowest BCUT2D eigenvalue weighted by molar-refractivity contribution is 0.177. The van der Waals surface area contributed by atoms with E-state index in [0.717, 1.165) is 11.3 Å².